The predicted molar refractivity (Wildman–Crippen MR) is 46.8 cm³/mol. The second-order valence-corrected chi connectivity index (χ2v) is 3.00. The molecule has 0 unspecified atom stereocenters. The van der Waals surface area contributed by atoms with Crippen LogP contribution in [0, 0.1) is 5.92 Å². The van der Waals surface area contributed by atoms with Crippen LogP contribution in [0.25, 0.3) is 0 Å². The van der Waals surface area contributed by atoms with Crippen molar-refractivity contribution in [2.75, 3.05) is 12.3 Å². The van der Waals surface area contributed by atoms with E-state index < -0.39 is 0 Å². The van der Waals surface area contributed by atoms with Gasteiger partial charge in [-0.05, 0) is 12.0 Å². The number of ether oxygens (including phenoxy) is 1. The SMILES string of the molecule is CC(C)COc1ccc(N)nn1. The van der Waals surface area contributed by atoms with Crippen LogP contribution >= 0.6 is 0 Å². The van der Waals surface area contributed by atoms with Crippen molar-refractivity contribution in [3.05, 3.63) is 12.1 Å². The third kappa shape index (κ3) is 2.74. The van der Waals surface area contributed by atoms with Gasteiger partial charge in [-0.25, -0.2) is 0 Å². The molecule has 0 saturated carbocycles. The van der Waals surface area contributed by atoms with Gasteiger partial charge in [-0.2, -0.15) is 0 Å². The molecule has 0 aliphatic carbocycles. The number of rotatable bonds is 3. The van der Waals surface area contributed by atoms with Gasteiger partial charge in [0.15, 0.2) is 0 Å². The molecule has 1 aromatic heterocycles. The highest BCUT2D eigenvalue weighted by Crippen LogP contribution is 2.06. The summed E-state index contributed by atoms with van der Waals surface area (Å²) in [5, 5.41) is 7.41. The van der Waals surface area contributed by atoms with Crippen molar-refractivity contribution in [2.24, 2.45) is 5.92 Å². The largest absolute Gasteiger partial charge is 0.476 e. The minimum Gasteiger partial charge on any atom is -0.476 e. The summed E-state index contributed by atoms with van der Waals surface area (Å²) in [6.45, 7) is 4.80. The lowest BCUT2D eigenvalue weighted by molar-refractivity contribution is 0.259. The van der Waals surface area contributed by atoms with Crippen molar-refractivity contribution in [2.45, 2.75) is 13.8 Å². The van der Waals surface area contributed by atoms with Gasteiger partial charge >= 0.3 is 0 Å². The third-order valence-corrected chi connectivity index (χ3v) is 1.23. The molecule has 0 bridgehead atoms. The summed E-state index contributed by atoms with van der Waals surface area (Å²) in [6, 6.07) is 3.38. The molecule has 0 spiro atoms. The van der Waals surface area contributed by atoms with E-state index in [1.807, 2.05) is 0 Å². The Morgan fingerprint density at radius 2 is 2.17 bits per heavy atom. The minimum absolute atomic E-state index is 0.409. The van der Waals surface area contributed by atoms with Gasteiger partial charge in [0.2, 0.25) is 5.88 Å². The van der Waals surface area contributed by atoms with E-state index >= 15 is 0 Å². The molecule has 12 heavy (non-hydrogen) atoms. The second kappa shape index (κ2) is 3.90. The number of nitrogens with two attached hydrogens (primary N) is 1. The Labute approximate surface area is 71.8 Å². The molecule has 0 radical (unpaired) electrons. The van der Waals surface area contributed by atoms with Crippen LogP contribution in [0.2, 0.25) is 0 Å². The molecular formula is C8H13N3O. The molecule has 0 saturated heterocycles. The lowest BCUT2D eigenvalue weighted by atomic mass is 10.2. The molecule has 0 aliphatic heterocycles. The van der Waals surface area contributed by atoms with E-state index in [-0.39, 0.29) is 0 Å². The monoisotopic (exact) mass is 167 g/mol. The fraction of sp³-hybridized carbons (Fsp3) is 0.500. The first-order valence-electron chi connectivity index (χ1n) is 3.90. The maximum absolute atomic E-state index is 5.35. The maximum atomic E-state index is 5.35. The number of nitrogens with zero attached hydrogens (tertiary/aromatic N) is 2. The van der Waals surface area contributed by atoms with Crippen LogP contribution in [-0.2, 0) is 0 Å². The molecule has 1 rings (SSSR count). The van der Waals surface area contributed by atoms with Crippen LogP contribution in [0.3, 0.4) is 0 Å². The molecule has 0 aromatic carbocycles. The molecule has 66 valence electrons. The van der Waals surface area contributed by atoms with E-state index in [1.54, 1.807) is 12.1 Å². The summed E-state index contributed by atoms with van der Waals surface area (Å²) in [6.07, 6.45) is 0. The van der Waals surface area contributed by atoms with Gasteiger partial charge in [0, 0.05) is 6.07 Å². The van der Waals surface area contributed by atoms with Crippen molar-refractivity contribution in [1.82, 2.24) is 10.2 Å². The first-order valence-corrected chi connectivity index (χ1v) is 3.90. The van der Waals surface area contributed by atoms with Gasteiger partial charge < -0.3 is 10.5 Å². The van der Waals surface area contributed by atoms with E-state index in [2.05, 4.69) is 24.0 Å². The lowest BCUT2D eigenvalue weighted by Gasteiger charge is -2.06. The maximum Gasteiger partial charge on any atom is 0.233 e. The van der Waals surface area contributed by atoms with Gasteiger partial charge in [0.05, 0.1) is 6.61 Å². The highest BCUT2D eigenvalue weighted by molar-refractivity contribution is 5.27. The topological polar surface area (TPSA) is 61.0 Å². The molecule has 0 atom stereocenters. The summed E-state index contributed by atoms with van der Waals surface area (Å²) in [7, 11) is 0. The molecule has 4 heteroatoms. The van der Waals surface area contributed by atoms with Crippen molar-refractivity contribution in [3.63, 3.8) is 0 Å². The Morgan fingerprint density at radius 3 is 2.67 bits per heavy atom. The van der Waals surface area contributed by atoms with Gasteiger partial charge in [-0.1, -0.05) is 13.8 Å². The first kappa shape index (κ1) is 8.77. The fourth-order valence-corrected chi connectivity index (χ4v) is 0.659. The van der Waals surface area contributed by atoms with Gasteiger partial charge in [0.1, 0.15) is 5.82 Å². The summed E-state index contributed by atoms with van der Waals surface area (Å²) < 4.78 is 5.29. The fourth-order valence-electron chi connectivity index (χ4n) is 0.659. The molecule has 4 nitrogen and oxygen atoms in total. The Bertz CT molecular complexity index is 233. The van der Waals surface area contributed by atoms with Gasteiger partial charge in [0.25, 0.3) is 0 Å². The van der Waals surface area contributed by atoms with Crippen LogP contribution < -0.4 is 10.5 Å². The van der Waals surface area contributed by atoms with Crippen LogP contribution in [0.15, 0.2) is 12.1 Å². The number of nitrogen functional groups attached to an aromatic ring is 1. The Balaban J connectivity index is 2.48. The second-order valence-electron chi connectivity index (χ2n) is 3.00. The van der Waals surface area contributed by atoms with E-state index in [4.69, 9.17) is 10.5 Å². The zero-order valence-electron chi connectivity index (χ0n) is 7.32. The van der Waals surface area contributed by atoms with Crippen LogP contribution in [0.1, 0.15) is 13.8 Å². The Hall–Kier alpha value is -1.32. The van der Waals surface area contributed by atoms with Gasteiger partial charge in [-0.3, -0.25) is 0 Å². The summed E-state index contributed by atoms with van der Waals surface area (Å²) >= 11 is 0. The molecule has 0 amide bonds. The minimum atomic E-state index is 0.409. The molecule has 0 aliphatic rings. The lowest BCUT2D eigenvalue weighted by Crippen LogP contribution is -2.06. The Morgan fingerprint density at radius 1 is 1.42 bits per heavy atom. The average Bonchev–Trinajstić information content (AvgIpc) is 2.03. The Kier molecular flexibility index (Phi) is 2.85. The normalized spacial score (nSPS) is 10.2. The number of hydrogen-bond donors (Lipinski definition) is 1. The molecule has 2 N–H and O–H groups in total. The van der Waals surface area contributed by atoms with Crippen molar-refractivity contribution < 1.29 is 4.74 Å². The smallest absolute Gasteiger partial charge is 0.233 e. The first-order chi connectivity index (χ1) is 5.68. The zero-order chi connectivity index (χ0) is 8.97. The quantitative estimate of drug-likeness (QED) is 0.732. The third-order valence-electron chi connectivity index (χ3n) is 1.23. The highest BCUT2D eigenvalue weighted by atomic mass is 16.5. The zero-order valence-corrected chi connectivity index (χ0v) is 7.32. The number of anilines is 1. The van der Waals surface area contributed by atoms with Gasteiger partial charge in [-0.15, -0.1) is 10.2 Å². The van der Waals surface area contributed by atoms with Crippen LogP contribution in [0.5, 0.6) is 5.88 Å². The van der Waals surface area contributed by atoms with Crippen LogP contribution in [0.4, 0.5) is 5.82 Å². The molecule has 0 fully saturated rings. The average molecular weight is 167 g/mol. The molecule has 1 aromatic rings. The standard InChI is InChI=1S/C8H13N3O/c1-6(2)5-12-8-4-3-7(9)10-11-8/h3-4,6H,5H2,1-2H3,(H2,9,10). The summed E-state index contributed by atoms with van der Waals surface area (Å²) in [5.74, 6) is 1.43. The molecular weight excluding hydrogens is 154 g/mol. The van der Waals surface area contributed by atoms with E-state index in [0.717, 1.165) is 0 Å². The summed E-state index contributed by atoms with van der Waals surface area (Å²) in [4.78, 5) is 0. The van der Waals surface area contributed by atoms with Crippen molar-refractivity contribution >= 4 is 5.82 Å². The number of hydrogen-bond acceptors (Lipinski definition) is 4. The molecule has 1 heterocycles. The van der Waals surface area contributed by atoms with Crippen molar-refractivity contribution in [3.8, 4) is 5.88 Å². The number of aromatic nitrogens is 2. The van der Waals surface area contributed by atoms with E-state index in [9.17, 15) is 0 Å². The van der Waals surface area contributed by atoms with E-state index in [0.29, 0.717) is 24.2 Å². The predicted octanol–water partition coefficient (Wildman–Crippen LogP) is 1.09. The van der Waals surface area contributed by atoms with Crippen LogP contribution in [-0.4, -0.2) is 16.8 Å². The highest BCUT2D eigenvalue weighted by Gasteiger charge is 1.97. The van der Waals surface area contributed by atoms with Crippen molar-refractivity contribution in [1.29, 1.82) is 0 Å². The van der Waals surface area contributed by atoms with E-state index in [1.165, 1.54) is 0 Å². The summed E-state index contributed by atoms with van der Waals surface area (Å²) in [5.41, 5.74) is 5.35.